The molecule has 0 amide bonds. The van der Waals surface area contributed by atoms with E-state index in [1.165, 1.54) is 71.1 Å². The van der Waals surface area contributed by atoms with Gasteiger partial charge in [0.25, 0.3) is 0 Å². The molecule has 1 unspecified atom stereocenters. The topological polar surface area (TPSA) is 12.5 Å². The van der Waals surface area contributed by atoms with Gasteiger partial charge in [-0.15, -0.1) is 0 Å². The van der Waals surface area contributed by atoms with E-state index in [-0.39, 0.29) is 6.10 Å². The van der Waals surface area contributed by atoms with Crippen molar-refractivity contribution in [2.45, 2.75) is 25.4 Å². The zero-order valence-corrected chi connectivity index (χ0v) is 18.2. The Morgan fingerprint density at radius 3 is 2.25 bits per heavy atom. The molecule has 32 heavy (non-hydrogen) atoms. The molecule has 2 heteroatoms. The summed E-state index contributed by atoms with van der Waals surface area (Å²) in [5.41, 5.74) is 6.20. The molecule has 6 rings (SSSR count). The summed E-state index contributed by atoms with van der Waals surface area (Å²) in [6.07, 6.45) is 6.14. The number of fused-ring (bicyclic) bond motifs is 3. The minimum Gasteiger partial charge on any atom is -0.481 e. The van der Waals surface area contributed by atoms with Crippen LogP contribution < -0.4 is 9.64 Å². The molecule has 1 fully saturated rings. The Labute approximate surface area is 189 Å². The van der Waals surface area contributed by atoms with E-state index in [1.807, 2.05) is 0 Å². The van der Waals surface area contributed by atoms with Crippen molar-refractivity contribution in [3.63, 3.8) is 0 Å². The summed E-state index contributed by atoms with van der Waals surface area (Å²) in [5.74, 6) is 0.954. The van der Waals surface area contributed by atoms with E-state index in [0.717, 1.165) is 5.75 Å². The molecule has 0 N–H and O–H groups in total. The van der Waals surface area contributed by atoms with Crippen LogP contribution in [0.4, 0.5) is 5.69 Å². The predicted octanol–water partition coefficient (Wildman–Crippen LogP) is 7.40. The Morgan fingerprint density at radius 2 is 1.44 bits per heavy atom. The molecule has 0 bridgehead atoms. The minimum atomic E-state index is -0.0957. The number of anilines is 1. The molecule has 0 aliphatic carbocycles. The zero-order chi connectivity index (χ0) is 21.3. The number of rotatable bonds is 3. The smallest absolute Gasteiger partial charge is 0.143 e. The van der Waals surface area contributed by atoms with Gasteiger partial charge in [-0.05, 0) is 71.0 Å². The van der Waals surface area contributed by atoms with Crippen molar-refractivity contribution in [3.05, 3.63) is 114 Å². The first kappa shape index (κ1) is 19.2. The maximum Gasteiger partial charge on any atom is 0.143 e. The highest BCUT2D eigenvalue weighted by Crippen LogP contribution is 2.44. The van der Waals surface area contributed by atoms with Crippen LogP contribution in [0, 0.1) is 0 Å². The number of hydrogen-bond acceptors (Lipinski definition) is 2. The standard InChI is InChI=1S/C30H27NO/c1-3-10-24(11-4-1)29-21-27(23-13-16-25(17-14-23)31-19-7-2-8-20-31)30-26-12-6-5-9-22(26)15-18-28(30)32-29/h1,3-6,9-18,21,29H,2,7-8,19-20H2. The summed E-state index contributed by atoms with van der Waals surface area (Å²) >= 11 is 0. The molecule has 1 saturated heterocycles. The molecule has 2 aliphatic rings. The van der Waals surface area contributed by atoms with Gasteiger partial charge in [-0.25, -0.2) is 0 Å². The summed E-state index contributed by atoms with van der Waals surface area (Å²) in [7, 11) is 0. The average molecular weight is 418 g/mol. The Bertz CT molecular complexity index is 1270. The summed E-state index contributed by atoms with van der Waals surface area (Å²) < 4.78 is 6.51. The van der Waals surface area contributed by atoms with Gasteiger partial charge in [0.05, 0.1) is 0 Å². The van der Waals surface area contributed by atoms with Crippen LogP contribution in [0.5, 0.6) is 5.75 Å². The predicted molar refractivity (Wildman–Crippen MR) is 133 cm³/mol. The number of benzene rings is 4. The van der Waals surface area contributed by atoms with Crippen molar-refractivity contribution >= 4 is 22.0 Å². The van der Waals surface area contributed by atoms with E-state index in [1.54, 1.807) is 0 Å². The maximum atomic E-state index is 6.51. The fourth-order valence-corrected chi connectivity index (χ4v) is 5.08. The van der Waals surface area contributed by atoms with Gasteiger partial charge < -0.3 is 9.64 Å². The van der Waals surface area contributed by atoms with E-state index in [2.05, 4.69) is 102 Å². The van der Waals surface area contributed by atoms with Crippen molar-refractivity contribution in [2.75, 3.05) is 18.0 Å². The first-order chi connectivity index (χ1) is 15.9. The van der Waals surface area contributed by atoms with Crippen molar-refractivity contribution in [1.29, 1.82) is 0 Å². The highest BCUT2D eigenvalue weighted by molar-refractivity contribution is 6.01. The van der Waals surface area contributed by atoms with Crippen molar-refractivity contribution in [1.82, 2.24) is 0 Å². The van der Waals surface area contributed by atoms with Crippen molar-refractivity contribution < 1.29 is 4.74 Å². The average Bonchev–Trinajstić information content (AvgIpc) is 2.89. The van der Waals surface area contributed by atoms with Crippen LogP contribution in [0.25, 0.3) is 16.3 Å². The lowest BCUT2D eigenvalue weighted by Gasteiger charge is -2.30. The molecule has 1 atom stereocenters. The molecule has 0 spiro atoms. The third-order valence-electron chi connectivity index (χ3n) is 6.76. The number of nitrogens with zero attached hydrogens (tertiary/aromatic N) is 1. The third-order valence-corrected chi connectivity index (χ3v) is 6.76. The van der Waals surface area contributed by atoms with E-state index in [0.29, 0.717) is 0 Å². The summed E-state index contributed by atoms with van der Waals surface area (Å²) in [6.45, 7) is 2.33. The normalized spacial score (nSPS) is 18.1. The SMILES string of the molecule is C1=C(c2ccc(N3CCCCC3)cc2)c2c(ccc3ccccc23)OC1c1ccccc1. The number of ether oxygens (including phenoxy) is 1. The Hall–Kier alpha value is -3.52. The lowest BCUT2D eigenvalue weighted by Crippen LogP contribution is -2.29. The molecular weight excluding hydrogens is 390 g/mol. The van der Waals surface area contributed by atoms with Gasteiger partial charge >= 0.3 is 0 Å². The van der Waals surface area contributed by atoms with Gasteiger partial charge in [-0.1, -0.05) is 72.8 Å². The highest BCUT2D eigenvalue weighted by Gasteiger charge is 2.25. The van der Waals surface area contributed by atoms with Gasteiger partial charge in [-0.3, -0.25) is 0 Å². The van der Waals surface area contributed by atoms with E-state index >= 15 is 0 Å². The first-order valence-corrected chi connectivity index (χ1v) is 11.7. The summed E-state index contributed by atoms with van der Waals surface area (Å²) in [6, 6.07) is 32.5. The molecule has 0 saturated carbocycles. The molecule has 4 aromatic carbocycles. The zero-order valence-electron chi connectivity index (χ0n) is 18.2. The highest BCUT2D eigenvalue weighted by atomic mass is 16.5. The maximum absolute atomic E-state index is 6.51. The van der Waals surface area contributed by atoms with Crippen LogP contribution >= 0.6 is 0 Å². The molecule has 2 heterocycles. The fraction of sp³-hybridized carbons (Fsp3) is 0.200. The monoisotopic (exact) mass is 417 g/mol. The van der Waals surface area contributed by atoms with Gasteiger partial charge in [0.15, 0.2) is 0 Å². The summed E-state index contributed by atoms with van der Waals surface area (Å²) in [4.78, 5) is 2.52. The molecule has 2 aliphatic heterocycles. The van der Waals surface area contributed by atoms with Crippen LogP contribution in [0.15, 0.2) is 97.1 Å². The number of hydrogen-bond donors (Lipinski definition) is 0. The number of piperidine rings is 1. The lowest BCUT2D eigenvalue weighted by atomic mass is 9.88. The third kappa shape index (κ3) is 3.46. The molecule has 0 radical (unpaired) electrons. The van der Waals surface area contributed by atoms with Crippen molar-refractivity contribution in [3.8, 4) is 5.75 Å². The first-order valence-electron chi connectivity index (χ1n) is 11.7. The molecular formula is C30H27NO. The van der Waals surface area contributed by atoms with Crippen LogP contribution in [0.3, 0.4) is 0 Å². The van der Waals surface area contributed by atoms with E-state index in [9.17, 15) is 0 Å². The molecule has 4 aromatic rings. The van der Waals surface area contributed by atoms with Gasteiger partial charge in [-0.2, -0.15) is 0 Å². The Kier molecular flexibility index (Phi) is 4.92. The van der Waals surface area contributed by atoms with Crippen LogP contribution in [0.2, 0.25) is 0 Å². The van der Waals surface area contributed by atoms with Crippen LogP contribution in [0.1, 0.15) is 42.1 Å². The van der Waals surface area contributed by atoms with Gasteiger partial charge in [0.1, 0.15) is 11.9 Å². The second kappa shape index (κ2) is 8.20. The van der Waals surface area contributed by atoms with Crippen molar-refractivity contribution in [2.24, 2.45) is 0 Å². The second-order valence-electron chi connectivity index (χ2n) is 8.78. The van der Waals surface area contributed by atoms with Crippen LogP contribution in [-0.4, -0.2) is 13.1 Å². The molecule has 0 aromatic heterocycles. The fourth-order valence-electron chi connectivity index (χ4n) is 5.08. The Morgan fingerprint density at radius 1 is 0.688 bits per heavy atom. The van der Waals surface area contributed by atoms with E-state index in [4.69, 9.17) is 4.74 Å². The second-order valence-corrected chi connectivity index (χ2v) is 8.78. The minimum absolute atomic E-state index is 0.0957. The molecule has 158 valence electrons. The van der Waals surface area contributed by atoms with Crippen LogP contribution in [-0.2, 0) is 0 Å². The quantitative estimate of drug-likeness (QED) is 0.344. The molecule has 2 nitrogen and oxygen atoms in total. The van der Waals surface area contributed by atoms with Gasteiger partial charge in [0.2, 0.25) is 0 Å². The largest absolute Gasteiger partial charge is 0.481 e. The Balaban J connectivity index is 1.47. The van der Waals surface area contributed by atoms with Gasteiger partial charge in [0, 0.05) is 24.3 Å². The summed E-state index contributed by atoms with van der Waals surface area (Å²) in [5, 5.41) is 2.48. The lowest BCUT2D eigenvalue weighted by molar-refractivity contribution is 0.251. The van der Waals surface area contributed by atoms with E-state index < -0.39 is 0 Å².